The lowest BCUT2D eigenvalue weighted by molar-refractivity contribution is -0.384. The molecule has 8 nitrogen and oxygen atoms in total. The zero-order chi connectivity index (χ0) is 22.4. The van der Waals surface area contributed by atoms with Gasteiger partial charge >= 0.3 is 0 Å². The number of benzene rings is 3. The van der Waals surface area contributed by atoms with Crippen LogP contribution in [0.2, 0.25) is 0 Å². The van der Waals surface area contributed by atoms with Crippen molar-refractivity contribution in [3.8, 4) is 0 Å². The lowest BCUT2D eigenvalue weighted by Gasteiger charge is -2.26. The molecular weight excluding hydrogens is 418 g/mol. The van der Waals surface area contributed by atoms with Crippen LogP contribution in [0, 0.1) is 10.1 Å². The Kier molecular flexibility index (Phi) is 6.66. The van der Waals surface area contributed by atoms with Crippen molar-refractivity contribution in [2.24, 2.45) is 0 Å². The van der Waals surface area contributed by atoms with Gasteiger partial charge in [0.05, 0.1) is 15.5 Å². The van der Waals surface area contributed by atoms with E-state index in [0.717, 1.165) is 15.9 Å². The fourth-order valence-electron chi connectivity index (χ4n) is 2.99. The maximum absolute atomic E-state index is 13.3. The van der Waals surface area contributed by atoms with Crippen molar-refractivity contribution in [3.05, 3.63) is 101 Å². The number of non-ortho nitro benzene ring substituents is 1. The van der Waals surface area contributed by atoms with Crippen LogP contribution >= 0.6 is 0 Å². The number of sulfonamides is 1. The second kappa shape index (κ2) is 9.40. The Morgan fingerprint density at radius 3 is 2.16 bits per heavy atom. The summed E-state index contributed by atoms with van der Waals surface area (Å²) in [6.45, 7) is -0.199. The van der Waals surface area contributed by atoms with Crippen LogP contribution in [0.1, 0.15) is 5.56 Å². The number of rotatable bonds is 8. The number of anilines is 1. The fraction of sp³-hybridized carbons (Fsp3) is 0.136. The molecule has 1 amide bonds. The largest absolute Gasteiger partial charge is 0.340 e. The van der Waals surface area contributed by atoms with Gasteiger partial charge in [-0.25, -0.2) is 8.42 Å². The highest BCUT2D eigenvalue weighted by Crippen LogP contribution is 2.27. The number of likely N-dealkylation sites (N-methyl/N-ethyl adjacent to an activating group) is 1. The zero-order valence-corrected chi connectivity index (χ0v) is 17.6. The molecular formula is C22H21N3O5S. The highest BCUT2D eigenvalue weighted by molar-refractivity contribution is 7.92. The predicted octanol–water partition coefficient (Wildman–Crippen LogP) is 3.45. The van der Waals surface area contributed by atoms with Crippen molar-refractivity contribution >= 4 is 27.3 Å². The minimum atomic E-state index is -4.13. The summed E-state index contributed by atoms with van der Waals surface area (Å²) in [6, 6.07) is 22.2. The Balaban J connectivity index is 1.95. The quantitative estimate of drug-likeness (QED) is 0.395. The van der Waals surface area contributed by atoms with Crippen molar-refractivity contribution in [2.75, 3.05) is 17.9 Å². The summed E-state index contributed by atoms with van der Waals surface area (Å²) in [5, 5.41) is 11.2. The lowest BCUT2D eigenvalue weighted by Crippen LogP contribution is -2.41. The number of nitro benzene ring substituents is 1. The van der Waals surface area contributed by atoms with Crippen LogP contribution in [0.15, 0.2) is 89.8 Å². The molecule has 0 heterocycles. The first kappa shape index (κ1) is 22.0. The number of amides is 1. The predicted molar refractivity (Wildman–Crippen MR) is 117 cm³/mol. The van der Waals surface area contributed by atoms with Crippen LogP contribution in [0.4, 0.5) is 11.4 Å². The average molecular weight is 439 g/mol. The molecule has 0 aliphatic heterocycles. The van der Waals surface area contributed by atoms with Crippen molar-refractivity contribution in [3.63, 3.8) is 0 Å². The number of nitro groups is 1. The minimum absolute atomic E-state index is 0.0139. The summed E-state index contributed by atoms with van der Waals surface area (Å²) < 4.78 is 27.5. The van der Waals surface area contributed by atoms with Crippen LogP contribution in [0.3, 0.4) is 0 Å². The molecule has 0 aliphatic rings. The van der Waals surface area contributed by atoms with Crippen molar-refractivity contribution < 1.29 is 18.1 Å². The highest BCUT2D eigenvalue weighted by Gasteiger charge is 2.29. The Labute approximate surface area is 180 Å². The van der Waals surface area contributed by atoms with E-state index in [0.29, 0.717) is 6.54 Å². The minimum Gasteiger partial charge on any atom is -0.340 e. The second-order valence-electron chi connectivity index (χ2n) is 6.84. The molecule has 160 valence electrons. The molecule has 0 saturated heterocycles. The topological polar surface area (TPSA) is 101 Å². The first-order chi connectivity index (χ1) is 14.8. The zero-order valence-electron chi connectivity index (χ0n) is 16.8. The molecule has 0 fully saturated rings. The molecule has 3 aromatic carbocycles. The van der Waals surface area contributed by atoms with Gasteiger partial charge in [0.15, 0.2) is 0 Å². The molecule has 3 rings (SSSR count). The van der Waals surface area contributed by atoms with Gasteiger partial charge in [-0.3, -0.25) is 19.2 Å². The Morgan fingerprint density at radius 1 is 0.935 bits per heavy atom. The molecule has 3 aromatic rings. The number of nitrogens with zero attached hydrogens (tertiary/aromatic N) is 3. The average Bonchev–Trinajstić information content (AvgIpc) is 2.78. The molecule has 0 atom stereocenters. The molecule has 0 bridgehead atoms. The molecule has 0 aliphatic carbocycles. The SMILES string of the molecule is CN(Cc1ccccc1)C(=O)CN(c1cccc([N+](=O)[O-])c1)S(=O)(=O)c1ccccc1. The van der Waals surface area contributed by atoms with Crippen LogP contribution in [-0.4, -0.2) is 37.7 Å². The highest BCUT2D eigenvalue weighted by atomic mass is 32.2. The third-order valence-corrected chi connectivity index (χ3v) is 6.42. The number of carbonyl (C=O) groups is 1. The summed E-state index contributed by atoms with van der Waals surface area (Å²) in [5.74, 6) is -0.449. The van der Waals surface area contributed by atoms with Gasteiger partial charge in [0.1, 0.15) is 6.54 Å². The summed E-state index contributed by atoms with van der Waals surface area (Å²) in [6.07, 6.45) is 0. The Bertz CT molecular complexity index is 1170. The normalized spacial score (nSPS) is 11.0. The molecule has 9 heteroatoms. The van der Waals surface area contributed by atoms with E-state index < -0.39 is 27.4 Å². The van der Waals surface area contributed by atoms with Gasteiger partial charge in [-0.1, -0.05) is 54.6 Å². The summed E-state index contributed by atoms with van der Waals surface area (Å²) in [7, 11) is -2.56. The van der Waals surface area contributed by atoms with Gasteiger partial charge < -0.3 is 4.90 Å². The first-order valence-corrected chi connectivity index (χ1v) is 10.8. The number of carbonyl (C=O) groups excluding carboxylic acids is 1. The van der Waals surface area contributed by atoms with E-state index in [9.17, 15) is 23.3 Å². The van der Waals surface area contributed by atoms with E-state index in [4.69, 9.17) is 0 Å². The van der Waals surface area contributed by atoms with Gasteiger partial charge in [-0.2, -0.15) is 0 Å². The summed E-state index contributed by atoms with van der Waals surface area (Å²) >= 11 is 0. The second-order valence-corrected chi connectivity index (χ2v) is 8.70. The Hall–Kier alpha value is -3.72. The molecule has 0 saturated carbocycles. The van der Waals surface area contributed by atoms with Gasteiger partial charge in [0.2, 0.25) is 5.91 Å². The van der Waals surface area contributed by atoms with Crippen LogP contribution in [0.25, 0.3) is 0 Å². The number of hydrogen-bond donors (Lipinski definition) is 0. The lowest BCUT2D eigenvalue weighted by atomic mass is 10.2. The van der Waals surface area contributed by atoms with E-state index in [2.05, 4.69) is 0 Å². The maximum Gasteiger partial charge on any atom is 0.271 e. The van der Waals surface area contributed by atoms with Crippen molar-refractivity contribution in [2.45, 2.75) is 11.4 Å². The van der Waals surface area contributed by atoms with Crippen LogP contribution < -0.4 is 4.31 Å². The van der Waals surface area contributed by atoms with E-state index >= 15 is 0 Å². The van der Waals surface area contributed by atoms with Crippen LogP contribution in [0.5, 0.6) is 0 Å². The van der Waals surface area contributed by atoms with Crippen molar-refractivity contribution in [1.29, 1.82) is 0 Å². The Morgan fingerprint density at radius 2 is 1.55 bits per heavy atom. The summed E-state index contributed by atoms with van der Waals surface area (Å²) in [4.78, 5) is 24.9. The maximum atomic E-state index is 13.3. The third kappa shape index (κ3) is 5.26. The fourth-order valence-corrected chi connectivity index (χ4v) is 4.41. The van der Waals surface area contributed by atoms with Gasteiger partial charge in [0, 0.05) is 25.7 Å². The standard InChI is InChI=1S/C22H21N3O5S/c1-23(16-18-9-4-2-5-10-18)22(26)17-24(19-11-8-12-20(15-19)25(27)28)31(29,30)21-13-6-3-7-14-21/h2-15H,16-17H2,1H3. The van der Waals surface area contributed by atoms with E-state index in [1.54, 1.807) is 25.2 Å². The third-order valence-electron chi connectivity index (χ3n) is 4.63. The smallest absolute Gasteiger partial charge is 0.271 e. The molecule has 31 heavy (non-hydrogen) atoms. The van der Waals surface area contributed by atoms with Crippen LogP contribution in [-0.2, 0) is 21.4 Å². The molecule has 0 spiro atoms. The first-order valence-electron chi connectivity index (χ1n) is 9.39. The monoisotopic (exact) mass is 439 g/mol. The summed E-state index contributed by atoms with van der Waals surface area (Å²) in [5.41, 5.74) is 0.668. The molecule has 0 aromatic heterocycles. The van der Waals surface area contributed by atoms with E-state index in [1.165, 1.54) is 35.2 Å². The number of hydrogen-bond acceptors (Lipinski definition) is 5. The molecule has 0 unspecified atom stereocenters. The van der Waals surface area contributed by atoms with Gasteiger partial charge in [0.25, 0.3) is 15.7 Å². The van der Waals surface area contributed by atoms with Crippen molar-refractivity contribution in [1.82, 2.24) is 4.90 Å². The van der Waals surface area contributed by atoms with Gasteiger partial charge in [-0.15, -0.1) is 0 Å². The van der Waals surface area contributed by atoms with E-state index in [-0.39, 0.29) is 16.3 Å². The van der Waals surface area contributed by atoms with E-state index in [1.807, 2.05) is 30.3 Å². The van der Waals surface area contributed by atoms with Gasteiger partial charge in [-0.05, 0) is 23.8 Å². The molecule has 0 N–H and O–H groups in total. The molecule has 0 radical (unpaired) electrons.